The average Bonchev–Trinajstić information content (AvgIpc) is 1.59. The summed E-state index contributed by atoms with van der Waals surface area (Å²) < 4.78 is 49.3. The quantitative estimate of drug-likeness (QED) is 0.0251. The fraction of sp³-hybridized carbons (Fsp3) is 0.584. The van der Waals surface area contributed by atoms with Crippen molar-refractivity contribution in [3.05, 3.63) is 196 Å². The van der Waals surface area contributed by atoms with Gasteiger partial charge in [-0.05, 0) is 269 Å². The molecule has 0 radical (unpaired) electrons. The number of nitrogens with one attached hydrogen (secondary N) is 3. The molecule has 0 aliphatic carbocycles. The number of halogens is 3. The van der Waals surface area contributed by atoms with Gasteiger partial charge in [0.2, 0.25) is 35.4 Å². The molecule has 42 heteroatoms. The van der Waals surface area contributed by atoms with Crippen molar-refractivity contribution in [2.24, 2.45) is 0 Å². The zero-order valence-electron chi connectivity index (χ0n) is 87.6. The maximum atomic E-state index is 12.1. The maximum absolute atomic E-state index is 12.1. The molecule has 36 nitrogen and oxygen atoms in total. The van der Waals surface area contributed by atoms with E-state index in [2.05, 4.69) is 155 Å². The molecule has 6 amide bonds. The molecule has 9 heterocycles. The van der Waals surface area contributed by atoms with Crippen LogP contribution in [-0.4, -0.2) is 277 Å². The summed E-state index contributed by atoms with van der Waals surface area (Å²) in [7, 11) is 6.23. The highest BCUT2D eigenvalue weighted by atomic mass is 127. The highest BCUT2D eigenvalue weighted by Crippen LogP contribution is 2.44. The number of amides is 6. The van der Waals surface area contributed by atoms with Gasteiger partial charge >= 0.3 is 21.1 Å². The van der Waals surface area contributed by atoms with Crippen LogP contribution in [-0.2, 0) is 56.7 Å². The van der Waals surface area contributed by atoms with E-state index in [1.54, 1.807) is 80.8 Å². The molecular formula is C101H152B3BrFIN16O20. The van der Waals surface area contributed by atoms with Gasteiger partial charge in [0.05, 0.1) is 53.3 Å². The van der Waals surface area contributed by atoms with Gasteiger partial charge in [-0.15, -0.1) is 0 Å². The van der Waals surface area contributed by atoms with Gasteiger partial charge in [0.1, 0.15) is 5.82 Å². The largest absolute Gasteiger partial charge is 0.494 e. The van der Waals surface area contributed by atoms with E-state index in [0.717, 1.165) is 207 Å². The Bertz CT molecular complexity index is 4920. The van der Waals surface area contributed by atoms with Gasteiger partial charge in [0.25, 0.3) is 22.7 Å². The minimum Gasteiger partial charge on any atom is -0.405 e. The normalized spacial score (nSPS) is 19.0. The van der Waals surface area contributed by atoms with Crippen molar-refractivity contribution in [1.82, 2.24) is 35.6 Å². The number of hydrogen-bond acceptors (Lipinski definition) is 26. The van der Waals surface area contributed by atoms with E-state index >= 15 is 0 Å². The number of non-ortho nitro benzene ring substituents is 4. The smallest absolute Gasteiger partial charge is 0.405 e. The Morgan fingerprint density at radius 2 is 0.559 bits per heavy atom. The molecule has 15 rings (SSSR count). The Kier molecular flexibility index (Phi) is 45.9. The molecule has 6 aromatic rings. The summed E-state index contributed by atoms with van der Waals surface area (Å²) in [5.41, 5.74) is 4.69. The van der Waals surface area contributed by atoms with Crippen LogP contribution in [0.3, 0.4) is 0 Å². The summed E-state index contributed by atoms with van der Waals surface area (Å²) in [5.74, 6) is 0.135. The number of benzene rings is 6. The maximum Gasteiger partial charge on any atom is 0.494 e. The second-order valence-electron chi connectivity index (χ2n) is 40.0. The summed E-state index contributed by atoms with van der Waals surface area (Å²) >= 11 is 5.60. The molecule has 9 fully saturated rings. The van der Waals surface area contributed by atoms with Crippen molar-refractivity contribution in [1.29, 1.82) is 0 Å². The number of piperidine rings is 6. The molecule has 0 aromatic heterocycles. The first-order valence-corrected chi connectivity index (χ1v) is 51.9. The summed E-state index contributed by atoms with van der Waals surface area (Å²) in [6, 6.07) is 43.1. The fourth-order valence-corrected chi connectivity index (χ4v) is 17.6. The second-order valence-corrected chi connectivity index (χ2v) is 41.0. The van der Waals surface area contributed by atoms with Crippen molar-refractivity contribution < 1.29 is 82.2 Å². The average molecular weight is 2170 g/mol. The number of nitrogens with zero attached hydrogens (tertiary/aromatic N) is 13. The van der Waals surface area contributed by atoms with Gasteiger partial charge < -0.3 is 88.0 Å². The standard InChI is InChI=1S/C20H31BN2O3.C14H19BrN2O.2C14H19N3O3.C13H17N3O3.C12H24B2O4.C7H14N2O.C6H4FNO2.CH3I.H2/c1-15(24)22(6)17-11-13-23(14-12-17)18-9-7-16(8-10-18)21-25-19(2,3)20(4,5)26-21;1-11(18)16(2)13-7-9-17(10-8-13)14-5-3-12(15)4-6-14;2*1-11(18)15(2)12-7-9-16(10-8-12)13-3-5-14(6-4-13)17(19)20;1-10(17)14-11-6-8-15(9-7-11)12-2-4-13(5-3-12)16(18)19;1-9(2)10(3,4)16-13(15-9)14-17-11(5,6)12(7,8)18-14;1-6(10)9-7-2-4-8-5-3-7;7-5-1-3-6(4-2-5)8(9)10;1-2;/h7-10,17H,11-14H2,1-6H3;3-6,13H,7-10H2,1-2H3;2*3-6,12H,7-10H2,1-2H3;2-5,11H,6-9H2,1H3,(H,14,17);1-8H3;7-8H,2-5H2,1H3,(H,9,10);1-4H;1H3;1H. The molecule has 0 saturated carbocycles. The van der Waals surface area contributed by atoms with Crippen molar-refractivity contribution >= 4 is 152 Å². The topological polar surface area (TPSA) is 396 Å². The van der Waals surface area contributed by atoms with Crippen LogP contribution in [0.1, 0.15) is 203 Å². The molecule has 0 unspecified atom stereocenters. The number of nitro groups is 4. The summed E-state index contributed by atoms with van der Waals surface area (Å²) in [4.78, 5) is 128. The molecule has 0 bridgehead atoms. The van der Waals surface area contributed by atoms with E-state index in [9.17, 15) is 73.6 Å². The Hall–Kier alpha value is -10.2. The third-order valence-electron chi connectivity index (χ3n) is 28.7. The first-order valence-electron chi connectivity index (χ1n) is 49.0. The Morgan fingerprint density at radius 3 is 0.783 bits per heavy atom. The van der Waals surface area contributed by atoms with Gasteiger partial charge in [0, 0.05) is 254 Å². The van der Waals surface area contributed by atoms with E-state index in [1.165, 1.54) is 54.7 Å². The summed E-state index contributed by atoms with van der Waals surface area (Å²) in [5, 5.41) is 50.9. The fourth-order valence-electron chi connectivity index (χ4n) is 17.3. The molecule has 9 aliphatic rings. The van der Waals surface area contributed by atoms with E-state index in [1.807, 2.05) is 98.3 Å². The van der Waals surface area contributed by atoms with Crippen LogP contribution in [0.15, 0.2) is 150 Å². The predicted molar refractivity (Wildman–Crippen MR) is 576 cm³/mol. The number of hydrogen-bond donors (Lipinski definition) is 3. The molecule has 9 saturated heterocycles. The van der Waals surface area contributed by atoms with E-state index in [4.69, 9.17) is 27.9 Å². The molecule has 6 aromatic carbocycles. The zero-order chi connectivity index (χ0) is 106. The van der Waals surface area contributed by atoms with Gasteiger partial charge in [-0.25, -0.2) is 4.39 Å². The third-order valence-corrected chi connectivity index (χ3v) is 29.3. The van der Waals surface area contributed by atoms with Crippen LogP contribution in [0.4, 0.5) is 55.6 Å². The number of rotatable bonds is 17. The van der Waals surface area contributed by atoms with Gasteiger partial charge in [-0.2, -0.15) is 0 Å². The van der Waals surface area contributed by atoms with Gasteiger partial charge in [-0.1, -0.05) is 50.7 Å². The van der Waals surface area contributed by atoms with Gasteiger partial charge in [-0.3, -0.25) is 69.2 Å². The molecular weight excluding hydrogens is 2020 g/mol. The first-order chi connectivity index (χ1) is 67.1. The number of carbonyl (C=O) groups is 6. The second kappa shape index (κ2) is 54.8. The van der Waals surface area contributed by atoms with Crippen molar-refractivity contribution in [2.75, 3.05) is 136 Å². The molecule has 0 atom stereocenters. The minimum atomic E-state index is -0.570. The minimum absolute atomic E-state index is 0. The summed E-state index contributed by atoms with van der Waals surface area (Å²) in [6.07, 6.45) is 11.7. The van der Waals surface area contributed by atoms with E-state index in [0.29, 0.717) is 30.2 Å². The molecule has 0 spiro atoms. The zero-order valence-corrected chi connectivity index (χ0v) is 91.4. The molecule has 3 N–H and O–H groups in total. The van der Waals surface area contributed by atoms with Crippen LogP contribution in [0.5, 0.6) is 0 Å². The molecule has 9 aliphatic heterocycles. The Morgan fingerprint density at radius 1 is 0.357 bits per heavy atom. The lowest BCUT2D eigenvalue weighted by atomic mass is 9.49. The first kappa shape index (κ1) is 120. The van der Waals surface area contributed by atoms with Crippen LogP contribution in [0.25, 0.3) is 0 Å². The molecule has 786 valence electrons. The lowest BCUT2D eigenvalue weighted by Gasteiger charge is -2.37. The van der Waals surface area contributed by atoms with E-state index < -0.39 is 39.5 Å². The van der Waals surface area contributed by atoms with Crippen LogP contribution in [0, 0.1) is 46.3 Å². The highest BCUT2D eigenvalue weighted by molar-refractivity contribution is 14.1. The monoisotopic (exact) mass is 2170 g/mol. The van der Waals surface area contributed by atoms with Crippen LogP contribution < -0.4 is 45.9 Å². The Labute approximate surface area is 868 Å². The van der Waals surface area contributed by atoms with Crippen LogP contribution >= 0.6 is 38.5 Å². The van der Waals surface area contributed by atoms with Crippen molar-refractivity contribution in [3.63, 3.8) is 0 Å². The number of alkyl halides is 1. The number of anilines is 5. The summed E-state index contributed by atoms with van der Waals surface area (Å²) in [6.45, 7) is 45.2. The lowest BCUT2D eigenvalue weighted by Crippen LogP contribution is -2.45. The third kappa shape index (κ3) is 35.9. The van der Waals surface area contributed by atoms with Crippen LogP contribution in [0.2, 0.25) is 0 Å². The van der Waals surface area contributed by atoms with Crippen molar-refractivity contribution in [3.8, 4) is 0 Å². The number of nitro benzene ring substituents is 4. The molecule has 143 heavy (non-hydrogen) atoms. The highest BCUT2D eigenvalue weighted by Gasteiger charge is 2.64. The van der Waals surface area contributed by atoms with Crippen molar-refractivity contribution in [2.45, 2.75) is 272 Å². The number of carbonyl (C=O) groups excluding carboxylic acids is 6. The SMILES string of the molecule is CC(=O)N(C)C1CCN(c2ccc(B3OC(C)(C)C(C)(C)O3)cc2)CC1.CC(=O)N(C)C1CCN(c2ccc(Br)cc2)CC1.CC(=O)N(C)C1CCN(c2ccc([N+](=O)[O-])cc2)CC1.CC(=O)N(C)C1CCN(c2ccc([N+](=O)[O-])cc2)CC1.CC(=O)NC1CCN(c2ccc([N+](=O)[O-])cc2)CC1.CC(=O)NC1CCNCC1.CC1(C)OB(B2OC(C)(C)C(C)(C)O2)OC1(C)C.CI.O=[N+]([O-])c1ccc(F)cc1.[HH]. The Balaban J connectivity index is 0.000000254. The van der Waals surface area contributed by atoms with Gasteiger partial charge in [0.15, 0.2) is 0 Å². The lowest BCUT2D eigenvalue weighted by molar-refractivity contribution is -0.385. The van der Waals surface area contributed by atoms with E-state index in [-0.39, 0.29) is 106 Å². The predicted octanol–water partition coefficient (Wildman–Crippen LogP) is 16.3.